The van der Waals surface area contributed by atoms with Crippen molar-refractivity contribution in [1.82, 2.24) is 5.16 Å². The van der Waals surface area contributed by atoms with Gasteiger partial charge in [-0.25, -0.2) is 4.79 Å². The molecule has 0 saturated carbocycles. The normalized spacial score (nSPS) is 10.1. The Bertz CT molecular complexity index is 576. The summed E-state index contributed by atoms with van der Waals surface area (Å²) in [7, 11) is 3.03. The molecule has 0 unspecified atom stereocenters. The van der Waals surface area contributed by atoms with Gasteiger partial charge < -0.3 is 19.1 Å². The molecule has 0 bridgehead atoms. The van der Waals surface area contributed by atoms with Gasteiger partial charge in [0, 0.05) is 5.56 Å². The van der Waals surface area contributed by atoms with Crippen LogP contribution in [0.3, 0.4) is 0 Å². The van der Waals surface area contributed by atoms with E-state index in [4.69, 9.17) is 14.6 Å². The minimum Gasteiger partial charge on any atom is -0.493 e. The minimum atomic E-state index is -1.10. The van der Waals surface area contributed by atoms with Crippen LogP contribution in [0, 0.1) is 0 Å². The number of rotatable bonds is 4. The monoisotopic (exact) mass is 249 g/mol. The Morgan fingerprint density at radius 1 is 1.28 bits per heavy atom. The highest BCUT2D eigenvalue weighted by atomic mass is 16.5. The largest absolute Gasteiger partial charge is 0.493 e. The molecule has 1 aromatic carbocycles. The van der Waals surface area contributed by atoms with Crippen LogP contribution in [-0.4, -0.2) is 30.5 Å². The van der Waals surface area contributed by atoms with Crippen LogP contribution in [0.25, 0.3) is 11.3 Å². The number of hydrogen-bond acceptors (Lipinski definition) is 5. The number of carboxylic acid groups (broad SMARTS) is 1. The number of benzene rings is 1. The van der Waals surface area contributed by atoms with Crippen LogP contribution in [0.4, 0.5) is 0 Å². The molecule has 18 heavy (non-hydrogen) atoms. The van der Waals surface area contributed by atoms with Gasteiger partial charge in [-0.1, -0.05) is 5.16 Å². The lowest BCUT2D eigenvalue weighted by molar-refractivity contribution is 0.0697. The molecule has 0 radical (unpaired) electrons. The molecule has 1 aromatic heterocycles. The number of carbonyl (C=O) groups is 1. The van der Waals surface area contributed by atoms with Crippen molar-refractivity contribution in [2.75, 3.05) is 14.2 Å². The highest BCUT2D eigenvalue weighted by Gasteiger charge is 2.17. The Morgan fingerprint density at radius 3 is 2.61 bits per heavy atom. The van der Waals surface area contributed by atoms with Crippen molar-refractivity contribution in [3.05, 3.63) is 30.0 Å². The summed E-state index contributed by atoms with van der Waals surface area (Å²) in [5.41, 5.74) is 0.837. The van der Waals surface area contributed by atoms with E-state index in [1.165, 1.54) is 14.2 Å². The van der Waals surface area contributed by atoms with Crippen LogP contribution in [0.2, 0.25) is 0 Å². The lowest BCUT2D eigenvalue weighted by atomic mass is 10.1. The third kappa shape index (κ3) is 2.00. The molecule has 1 heterocycles. The van der Waals surface area contributed by atoms with E-state index in [2.05, 4.69) is 9.68 Å². The number of hydrogen-bond donors (Lipinski definition) is 1. The van der Waals surface area contributed by atoms with Gasteiger partial charge in [0.25, 0.3) is 0 Å². The second-order valence-electron chi connectivity index (χ2n) is 3.45. The fourth-order valence-corrected chi connectivity index (χ4v) is 1.58. The molecular formula is C12H11NO5. The maximum absolute atomic E-state index is 11.0. The summed E-state index contributed by atoms with van der Waals surface area (Å²) in [4.78, 5) is 11.0. The third-order valence-corrected chi connectivity index (χ3v) is 2.46. The van der Waals surface area contributed by atoms with Gasteiger partial charge in [-0.2, -0.15) is 0 Å². The van der Waals surface area contributed by atoms with E-state index in [0.717, 1.165) is 6.26 Å². The standard InChI is InChI=1S/C12H11NO5/c1-16-9-4-3-7(5-10(9)17-2)11-8(12(14)15)6-18-13-11/h3-6H,1-2H3,(H,14,15). The third-order valence-electron chi connectivity index (χ3n) is 2.46. The molecule has 0 aliphatic carbocycles. The van der Waals surface area contributed by atoms with Crippen LogP contribution in [-0.2, 0) is 0 Å². The van der Waals surface area contributed by atoms with Crippen LogP contribution in [0.5, 0.6) is 11.5 Å². The molecule has 2 aromatic rings. The summed E-state index contributed by atoms with van der Waals surface area (Å²) in [6.07, 6.45) is 1.09. The second-order valence-corrected chi connectivity index (χ2v) is 3.45. The average molecular weight is 249 g/mol. The van der Waals surface area contributed by atoms with Crippen molar-refractivity contribution < 1.29 is 23.9 Å². The lowest BCUT2D eigenvalue weighted by Crippen LogP contribution is -1.97. The summed E-state index contributed by atoms with van der Waals surface area (Å²) in [5.74, 6) is -0.0445. The Morgan fingerprint density at radius 2 is 2.00 bits per heavy atom. The Labute approximate surface area is 103 Å². The van der Waals surface area contributed by atoms with Gasteiger partial charge in [0.2, 0.25) is 0 Å². The molecule has 6 nitrogen and oxygen atoms in total. The van der Waals surface area contributed by atoms with Crippen LogP contribution >= 0.6 is 0 Å². The van der Waals surface area contributed by atoms with E-state index < -0.39 is 5.97 Å². The van der Waals surface area contributed by atoms with Gasteiger partial charge >= 0.3 is 5.97 Å². The van der Waals surface area contributed by atoms with E-state index in [0.29, 0.717) is 17.1 Å². The summed E-state index contributed by atoms with van der Waals surface area (Å²) in [5, 5.41) is 12.7. The number of carboxylic acids is 1. The first kappa shape index (κ1) is 12.0. The van der Waals surface area contributed by atoms with Crippen molar-refractivity contribution in [3.63, 3.8) is 0 Å². The number of methoxy groups -OCH3 is 2. The van der Waals surface area contributed by atoms with Crippen molar-refractivity contribution >= 4 is 5.97 Å². The number of ether oxygens (including phenoxy) is 2. The lowest BCUT2D eigenvalue weighted by Gasteiger charge is -2.08. The maximum Gasteiger partial charge on any atom is 0.341 e. The second kappa shape index (κ2) is 4.79. The number of aromatic nitrogens is 1. The van der Waals surface area contributed by atoms with E-state index in [-0.39, 0.29) is 11.3 Å². The average Bonchev–Trinajstić information content (AvgIpc) is 2.87. The SMILES string of the molecule is COc1ccc(-c2nocc2C(=O)O)cc1OC. The highest BCUT2D eigenvalue weighted by Crippen LogP contribution is 2.32. The summed E-state index contributed by atoms with van der Waals surface area (Å²) < 4.78 is 14.9. The predicted molar refractivity (Wildman–Crippen MR) is 62.0 cm³/mol. The minimum absolute atomic E-state index is 0.00206. The molecule has 0 aliphatic heterocycles. The van der Waals surface area contributed by atoms with Crippen LogP contribution < -0.4 is 9.47 Å². The molecule has 0 saturated heterocycles. The maximum atomic E-state index is 11.0. The van der Waals surface area contributed by atoms with Crippen molar-refractivity contribution in [2.45, 2.75) is 0 Å². The zero-order chi connectivity index (χ0) is 13.1. The first-order chi connectivity index (χ1) is 8.67. The predicted octanol–water partition coefficient (Wildman–Crippen LogP) is 2.06. The van der Waals surface area contributed by atoms with Crippen LogP contribution in [0.1, 0.15) is 10.4 Å². The molecule has 2 rings (SSSR count). The van der Waals surface area contributed by atoms with Crippen molar-refractivity contribution in [2.24, 2.45) is 0 Å². The summed E-state index contributed by atoms with van der Waals surface area (Å²) in [6.45, 7) is 0. The Balaban J connectivity index is 2.51. The van der Waals surface area contributed by atoms with E-state index in [1.54, 1.807) is 18.2 Å². The van der Waals surface area contributed by atoms with Gasteiger partial charge in [-0.05, 0) is 18.2 Å². The first-order valence-corrected chi connectivity index (χ1v) is 5.07. The summed E-state index contributed by atoms with van der Waals surface area (Å²) >= 11 is 0. The van der Waals surface area contributed by atoms with Gasteiger partial charge in [-0.15, -0.1) is 0 Å². The Kier molecular flexibility index (Phi) is 3.18. The first-order valence-electron chi connectivity index (χ1n) is 5.07. The van der Waals surface area contributed by atoms with Gasteiger partial charge in [0.1, 0.15) is 17.5 Å². The molecule has 94 valence electrons. The molecule has 0 spiro atoms. The quantitative estimate of drug-likeness (QED) is 0.893. The smallest absolute Gasteiger partial charge is 0.341 e. The Hall–Kier alpha value is -2.50. The van der Waals surface area contributed by atoms with E-state index >= 15 is 0 Å². The molecule has 0 atom stereocenters. The van der Waals surface area contributed by atoms with Gasteiger partial charge in [0.15, 0.2) is 11.5 Å². The molecule has 1 N–H and O–H groups in total. The highest BCUT2D eigenvalue weighted by molar-refractivity contribution is 5.94. The summed E-state index contributed by atoms with van der Waals surface area (Å²) in [6, 6.07) is 5.00. The molecular weight excluding hydrogens is 238 g/mol. The zero-order valence-corrected chi connectivity index (χ0v) is 9.84. The fraction of sp³-hybridized carbons (Fsp3) is 0.167. The number of nitrogens with zero attached hydrogens (tertiary/aromatic N) is 1. The van der Waals surface area contributed by atoms with E-state index in [1.807, 2.05) is 0 Å². The molecule has 0 aliphatic rings. The van der Waals surface area contributed by atoms with Gasteiger partial charge in [-0.3, -0.25) is 0 Å². The van der Waals surface area contributed by atoms with Crippen LogP contribution in [0.15, 0.2) is 29.0 Å². The topological polar surface area (TPSA) is 81.8 Å². The number of aromatic carboxylic acids is 1. The fourth-order valence-electron chi connectivity index (χ4n) is 1.58. The van der Waals surface area contributed by atoms with Crippen molar-refractivity contribution in [1.29, 1.82) is 0 Å². The molecule has 6 heteroatoms. The van der Waals surface area contributed by atoms with E-state index in [9.17, 15) is 4.79 Å². The van der Waals surface area contributed by atoms with Gasteiger partial charge in [0.05, 0.1) is 14.2 Å². The molecule has 0 amide bonds. The van der Waals surface area contributed by atoms with Crippen molar-refractivity contribution in [3.8, 4) is 22.8 Å². The zero-order valence-electron chi connectivity index (χ0n) is 9.84. The molecule has 0 fully saturated rings.